The van der Waals surface area contributed by atoms with Gasteiger partial charge in [0.1, 0.15) is 22.9 Å². The van der Waals surface area contributed by atoms with Crippen LogP contribution in [-0.2, 0) is 32.8 Å². The lowest BCUT2D eigenvalue weighted by Crippen LogP contribution is -2.23. The molecule has 0 bridgehead atoms. The van der Waals surface area contributed by atoms with Crippen molar-refractivity contribution in [2.45, 2.75) is 44.0 Å². The summed E-state index contributed by atoms with van der Waals surface area (Å²) < 4.78 is 124. The highest BCUT2D eigenvalue weighted by Crippen LogP contribution is 2.37. The maximum absolute atomic E-state index is 14.8. The van der Waals surface area contributed by atoms with Crippen molar-refractivity contribution in [2.75, 3.05) is 5.32 Å². The lowest BCUT2D eigenvalue weighted by molar-refractivity contribution is -0.143. The van der Waals surface area contributed by atoms with E-state index in [-0.39, 0.29) is 46.3 Å². The molecular weight excluding hydrogens is 551 g/mol. The molecule has 1 N–H and O–H groups in total. The number of hydrogen-bond acceptors (Lipinski definition) is 7. The predicted molar refractivity (Wildman–Crippen MR) is 118 cm³/mol. The number of sulfone groups is 1. The second kappa shape index (κ2) is 8.96. The Balaban J connectivity index is 1.62. The number of anilines is 1. The van der Waals surface area contributed by atoms with Crippen LogP contribution in [0, 0.1) is 5.82 Å². The largest absolute Gasteiger partial charge is 0.416 e. The van der Waals surface area contributed by atoms with E-state index in [0.29, 0.717) is 0 Å². The van der Waals surface area contributed by atoms with Crippen LogP contribution in [0.4, 0.5) is 36.4 Å². The van der Waals surface area contributed by atoms with Crippen LogP contribution in [-0.4, -0.2) is 30.1 Å². The van der Waals surface area contributed by atoms with Gasteiger partial charge in [0.2, 0.25) is 9.84 Å². The molecule has 16 heteroatoms. The maximum Gasteiger partial charge on any atom is 0.416 e. The molecule has 1 amide bonds. The van der Waals surface area contributed by atoms with Crippen molar-refractivity contribution in [1.82, 2.24) is 5.16 Å². The van der Waals surface area contributed by atoms with Crippen LogP contribution in [0.15, 0.2) is 40.0 Å². The van der Waals surface area contributed by atoms with Gasteiger partial charge in [-0.1, -0.05) is 10.3 Å². The first kappa shape index (κ1) is 27.3. The molecule has 1 aliphatic heterocycles. The number of hydrogen-bond donors (Lipinski definition) is 1. The van der Waals surface area contributed by atoms with Crippen molar-refractivity contribution in [3.05, 3.63) is 58.5 Å². The highest BCUT2D eigenvalue weighted by atomic mass is 32.2. The van der Waals surface area contributed by atoms with Crippen molar-refractivity contribution < 1.29 is 53.3 Å². The topological polar surface area (TPSA) is 111 Å². The van der Waals surface area contributed by atoms with Crippen molar-refractivity contribution in [1.29, 1.82) is 0 Å². The van der Waals surface area contributed by atoms with Gasteiger partial charge in [0.25, 0.3) is 5.91 Å². The summed E-state index contributed by atoms with van der Waals surface area (Å²) in [6.07, 6.45) is -10.4. The van der Waals surface area contributed by atoms with E-state index in [0.717, 1.165) is 12.1 Å². The molecule has 2 aromatic carbocycles. The number of carbonyl (C=O) groups excluding carboxylic acids is 1. The lowest BCUT2D eigenvalue weighted by atomic mass is 10.0. The van der Waals surface area contributed by atoms with Gasteiger partial charge >= 0.3 is 12.4 Å². The van der Waals surface area contributed by atoms with Gasteiger partial charge in [-0.05, 0) is 38.1 Å². The Morgan fingerprint density at radius 1 is 1.03 bits per heavy atom. The first-order valence-electron chi connectivity index (χ1n) is 10.5. The quantitative estimate of drug-likeness (QED) is 0.406. The summed E-state index contributed by atoms with van der Waals surface area (Å²) in [5, 5.41) is 8.72. The molecule has 1 aromatic heterocycles. The molecule has 2 heterocycles. The summed E-state index contributed by atoms with van der Waals surface area (Å²) in [4.78, 5) is 17.5. The van der Waals surface area contributed by atoms with Crippen LogP contribution in [0.2, 0.25) is 0 Å². The number of oxime groups is 1. The zero-order valence-electron chi connectivity index (χ0n) is 19.3. The third-order valence-electron chi connectivity index (χ3n) is 5.39. The molecule has 204 valence electrons. The van der Waals surface area contributed by atoms with Crippen molar-refractivity contribution in [3.8, 4) is 0 Å². The van der Waals surface area contributed by atoms with Crippen LogP contribution in [0.1, 0.15) is 47.4 Å². The fraction of sp³-hybridized carbons (Fsp3) is 0.318. The Kier molecular flexibility index (Phi) is 6.45. The molecule has 0 unspecified atom stereocenters. The zero-order chi connectivity index (χ0) is 28.3. The monoisotopic (exact) mass is 567 g/mol. The van der Waals surface area contributed by atoms with Crippen LogP contribution in [0.5, 0.6) is 0 Å². The van der Waals surface area contributed by atoms with Crippen LogP contribution < -0.4 is 5.32 Å². The SMILES string of the molecule is CC1(C)CC(S(=O)(=O)Cc2noc3cc(NC(=O)c4cc(C(F)(F)F)cc(C(F)(F)F)c4)c(F)cc23)=NO1. The van der Waals surface area contributed by atoms with Gasteiger partial charge in [-0.2, -0.15) is 26.3 Å². The Labute approximate surface area is 209 Å². The van der Waals surface area contributed by atoms with Gasteiger partial charge in [0.05, 0.1) is 16.8 Å². The maximum atomic E-state index is 14.8. The van der Waals surface area contributed by atoms with Crippen LogP contribution in [0.25, 0.3) is 11.0 Å². The van der Waals surface area contributed by atoms with E-state index in [1.165, 1.54) is 0 Å². The predicted octanol–water partition coefficient (Wildman–Crippen LogP) is 5.68. The van der Waals surface area contributed by atoms with E-state index in [2.05, 4.69) is 10.3 Å². The van der Waals surface area contributed by atoms with Gasteiger partial charge < -0.3 is 14.7 Å². The average molecular weight is 567 g/mol. The Bertz CT molecular complexity index is 1540. The Morgan fingerprint density at radius 2 is 1.63 bits per heavy atom. The van der Waals surface area contributed by atoms with Gasteiger partial charge in [0, 0.05) is 23.4 Å². The number of fused-ring (bicyclic) bond motifs is 1. The summed E-state index contributed by atoms with van der Waals surface area (Å²) in [5.41, 5.74) is -6.39. The molecule has 0 atom stereocenters. The fourth-order valence-corrected chi connectivity index (χ4v) is 4.97. The minimum Gasteiger partial charge on any atom is -0.389 e. The first-order chi connectivity index (χ1) is 17.4. The van der Waals surface area contributed by atoms with E-state index < -0.39 is 67.6 Å². The van der Waals surface area contributed by atoms with Crippen molar-refractivity contribution in [2.24, 2.45) is 5.16 Å². The smallest absolute Gasteiger partial charge is 0.389 e. The molecule has 4 rings (SSSR count). The molecule has 0 aliphatic carbocycles. The number of nitrogens with one attached hydrogen (secondary N) is 1. The molecule has 0 saturated carbocycles. The minimum atomic E-state index is -5.19. The molecule has 38 heavy (non-hydrogen) atoms. The summed E-state index contributed by atoms with van der Waals surface area (Å²) in [6, 6.07) is 1.85. The summed E-state index contributed by atoms with van der Waals surface area (Å²) >= 11 is 0. The molecule has 0 radical (unpaired) electrons. The number of alkyl halides is 6. The van der Waals surface area contributed by atoms with Crippen LogP contribution in [0.3, 0.4) is 0 Å². The second-order valence-electron chi connectivity index (χ2n) is 8.98. The average Bonchev–Trinajstić information content (AvgIpc) is 3.35. The Morgan fingerprint density at radius 3 is 2.16 bits per heavy atom. The number of nitrogens with zero attached hydrogens (tertiary/aromatic N) is 2. The molecule has 0 saturated heterocycles. The highest BCUT2D eigenvalue weighted by Gasteiger charge is 2.38. The van der Waals surface area contributed by atoms with E-state index >= 15 is 0 Å². The molecule has 0 spiro atoms. The Hall–Kier alpha value is -3.69. The third-order valence-corrected chi connectivity index (χ3v) is 6.98. The summed E-state index contributed by atoms with van der Waals surface area (Å²) in [6.45, 7) is 3.25. The first-order valence-corrected chi connectivity index (χ1v) is 12.2. The summed E-state index contributed by atoms with van der Waals surface area (Å²) in [5.74, 6) is -3.38. The molecule has 3 aromatic rings. The molecule has 0 fully saturated rings. The van der Waals surface area contributed by atoms with E-state index in [4.69, 9.17) is 9.36 Å². The van der Waals surface area contributed by atoms with Crippen molar-refractivity contribution >= 4 is 37.4 Å². The lowest BCUT2D eigenvalue weighted by Gasteiger charge is -2.14. The van der Waals surface area contributed by atoms with Crippen molar-refractivity contribution in [3.63, 3.8) is 0 Å². The highest BCUT2D eigenvalue weighted by molar-refractivity contribution is 8.05. The zero-order valence-corrected chi connectivity index (χ0v) is 20.1. The van der Waals surface area contributed by atoms with E-state index in [9.17, 15) is 43.9 Å². The molecular formula is C22H16F7N3O5S. The van der Waals surface area contributed by atoms with E-state index in [1.807, 2.05) is 5.32 Å². The normalized spacial score (nSPS) is 15.9. The number of amides is 1. The third kappa shape index (κ3) is 5.58. The number of aromatic nitrogens is 1. The van der Waals surface area contributed by atoms with Gasteiger partial charge in [-0.3, -0.25) is 4.79 Å². The van der Waals surface area contributed by atoms with E-state index in [1.54, 1.807) is 13.8 Å². The second-order valence-corrected chi connectivity index (χ2v) is 11.0. The number of rotatable bonds is 4. The standard InChI is InChI=1S/C22H16F7N3O5S/c1-20(2)8-18(32-37-20)38(34,35)9-16-13-6-14(23)15(7-17(13)36-31-16)30-19(33)10-3-11(21(24,25)26)5-12(4-10)22(27,28)29/h3-7H,8-9H2,1-2H3,(H,30,33). The molecule has 8 nitrogen and oxygen atoms in total. The van der Waals surface area contributed by atoms with Gasteiger partial charge in [0.15, 0.2) is 10.6 Å². The van der Waals surface area contributed by atoms with Gasteiger partial charge in [-0.25, -0.2) is 12.8 Å². The number of halogens is 7. The fourth-order valence-electron chi connectivity index (χ4n) is 3.52. The number of benzene rings is 2. The van der Waals surface area contributed by atoms with Gasteiger partial charge in [-0.15, -0.1) is 0 Å². The number of carbonyl (C=O) groups is 1. The minimum absolute atomic E-state index is 0.0126. The molecule has 1 aliphatic rings. The van der Waals surface area contributed by atoms with Crippen LogP contribution >= 0.6 is 0 Å². The summed E-state index contributed by atoms with van der Waals surface area (Å²) in [7, 11) is -4.03.